The molecule has 0 heterocycles. The van der Waals surface area contributed by atoms with Gasteiger partial charge in [0.15, 0.2) is 11.5 Å². The van der Waals surface area contributed by atoms with Crippen LogP contribution in [0.2, 0.25) is 0 Å². The van der Waals surface area contributed by atoms with Crippen LogP contribution in [0.1, 0.15) is 16.7 Å². The predicted octanol–water partition coefficient (Wildman–Crippen LogP) is 3.04. The Morgan fingerprint density at radius 3 is 2.60 bits per heavy atom. The molecule has 0 atom stereocenters. The van der Waals surface area contributed by atoms with Crippen LogP contribution in [0.5, 0.6) is 11.5 Å². The number of phenols is 1. The molecular weight excluding hydrogens is 250 g/mol. The fraction of sp³-hybridized carbons (Fsp3) is 0.294. The van der Waals surface area contributed by atoms with Crippen LogP contribution >= 0.6 is 0 Å². The lowest BCUT2D eigenvalue weighted by Crippen LogP contribution is -2.17. The van der Waals surface area contributed by atoms with Crippen molar-refractivity contribution >= 4 is 0 Å². The van der Waals surface area contributed by atoms with Crippen molar-refractivity contribution in [3.05, 3.63) is 59.2 Å². The summed E-state index contributed by atoms with van der Waals surface area (Å²) in [5.74, 6) is 0.716. The first-order valence-corrected chi connectivity index (χ1v) is 6.82. The summed E-state index contributed by atoms with van der Waals surface area (Å²) in [6, 6.07) is 14.0. The molecule has 20 heavy (non-hydrogen) atoms. The van der Waals surface area contributed by atoms with Crippen molar-refractivity contribution in [1.82, 2.24) is 5.32 Å². The SMILES string of the molecule is COc1cc(C)c(CNCCc2ccccc2)cc1O. The number of nitrogens with one attached hydrogen (secondary N) is 1. The third-order valence-corrected chi connectivity index (χ3v) is 3.39. The van der Waals surface area contributed by atoms with Crippen LogP contribution in [0, 0.1) is 6.92 Å². The molecule has 0 spiro atoms. The van der Waals surface area contributed by atoms with E-state index in [1.807, 2.05) is 19.1 Å². The maximum Gasteiger partial charge on any atom is 0.160 e. The summed E-state index contributed by atoms with van der Waals surface area (Å²) in [7, 11) is 1.56. The quantitative estimate of drug-likeness (QED) is 0.793. The highest BCUT2D eigenvalue weighted by molar-refractivity contribution is 5.46. The summed E-state index contributed by atoms with van der Waals surface area (Å²) in [5.41, 5.74) is 3.54. The summed E-state index contributed by atoms with van der Waals surface area (Å²) >= 11 is 0. The molecular formula is C17H21NO2. The molecule has 0 unspecified atom stereocenters. The minimum Gasteiger partial charge on any atom is -0.504 e. The lowest BCUT2D eigenvalue weighted by atomic mass is 10.1. The highest BCUT2D eigenvalue weighted by atomic mass is 16.5. The summed E-state index contributed by atoms with van der Waals surface area (Å²) in [4.78, 5) is 0. The van der Waals surface area contributed by atoms with E-state index in [-0.39, 0.29) is 5.75 Å². The lowest BCUT2D eigenvalue weighted by molar-refractivity contribution is 0.372. The van der Waals surface area contributed by atoms with Gasteiger partial charge in [-0.1, -0.05) is 30.3 Å². The van der Waals surface area contributed by atoms with Crippen molar-refractivity contribution in [2.75, 3.05) is 13.7 Å². The molecule has 0 amide bonds. The van der Waals surface area contributed by atoms with Crippen molar-refractivity contribution in [3.63, 3.8) is 0 Å². The number of aryl methyl sites for hydroxylation is 1. The Morgan fingerprint density at radius 2 is 1.90 bits per heavy atom. The molecule has 0 aliphatic rings. The summed E-state index contributed by atoms with van der Waals surface area (Å²) in [6.45, 7) is 3.68. The van der Waals surface area contributed by atoms with Crippen LogP contribution in [0.4, 0.5) is 0 Å². The normalized spacial score (nSPS) is 10.5. The Bertz CT molecular complexity index is 552. The second kappa shape index (κ2) is 6.96. The van der Waals surface area contributed by atoms with E-state index in [4.69, 9.17) is 4.74 Å². The van der Waals surface area contributed by atoms with E-state index >= 15 is 0 Å². The maximum atomic E-state index is 9.80. The van der Waals surface area contributed by atoms with Crippen molar-refractivity contribution < 1.29 is 9.84 Å². The first kappa shape index (κ1) is 14.4. The largest absolute Gasteiger partial charge is 0.504 e. The van der Waals surface area contributed by atoms with Gasteiger partial charge in [-0.2, -0.15) is 0 Å². The molecule has 0 radical (unpaired) electrons. The van der Waals surface area contributed by atoms with E-state index in [0.717, 1.165) is 30.6 Å². The topological polar surface area (TPSA) is 41.5 Å². The molecule has 2 aromatic carbocycles. The second-order valence-corrected chi connectivity index (χ2v) is 4.86. The molecule has 3 heteroatoms. The Morgan fingerprint density at radius 1 is 1.15 bits per heavy atom. The molecule has 2 N–H and O–H groups in total. The third-order valence-electron chi connectivity index (χ3n) is 3.39. The van der Waals surface area contributed by atoms with Gasteiger partial charge < -0.3 is 15.2 Å². The van der Waals surface area contributed by atoms with Crippen LogP contribution < -0.4 is 10.1 Å². The standard InChI is InChI=1S/C17H21NO2/c1-13-10-17(20-2)16(19)11-15(13)12-18-9-8-14-6-4-3-5-7-14/h3-7,10-11,18-19H,8-9,12H2,1-2H3. The summed E-state index contributed by atoms with van der Waals surface area (Å²) in [5, 5.41) is 13.2. The zero-order valence-electron chi connectivity index (χ0n) is 12.0. The highest BCUT2D eigenvalue weighted by Gasteiger charge is 2.06. The Kier molecular flexibility index (Phi) is 5.02. The van der Waals surface area contributed by atoms with Gasteiger partial charge in [0.2, 0.25) is 0 Å². The lowest BCUT2D eigenvalue weighted by Gasteiger charge is -2.11. The zero-order valence-corrected chi connectivity index (χ0v) is 12.0. The summed E-state index contributed by atoms with van der Waals surface area (Å²) < 4.78 is 5.09. The maximum absolute atomic E-state index is 9.80. The van der Waals surface area contributed by atoms with E-state index in [1.165, 1.54) is 5.56 Å². The van der Waals surface area contributed by atoms with Crippen LogP contribution in [0.3, 0.4) is 0 Å². The Hall–Kier alpha value is -2.00. The van der Waals surface area contributed by atoms with E-state index in [0.29, 0.717) is 5.75 Å². The molecule has 0 aromatic heterocycles. The number of benzene rings is 2. The number of methoxy groups -OCH3 is 1. The minimum absolute atomic E-state index is 0.193. The number of rotatable bonds is 6. The molecule has 2 aromatic rings. The fourth-order valence-corrected chi connectivity index (χ4v) is 2.17. The van der Waals surface area contributed by atoms with Gasteiger partial charge >= 0.3 is 0 Å². The van der Waals surface area contributed by atoms with Crippen molar-refractivity contribution in [2.24, 2.45) is 0 Å². The average Bonchev–Trinajstić information content (AvgIpc) is 2.47. The van der Waals surface area contributed by atoms with Crippen molar-refractivity contribution in [1.29, 1.82) is 0 Å². The molecule has 0 saturated carbocycles. The molecule has 0 bridgehead atoms. The van der Waals surface area contributed by atoms with Crippen LogP contribution in [-0.2, 0) is 13.0 Å². The van der Waals surface area contributed by atoms with Crippen LogP contribution in [0.15, 0.2) is 42.5 Å². The van der Waals surface area contributed by atoms with Gasteiger partial charge in [0.05, 0.1) is 7.11 Å². The van der Waals surface area contributed by atoms with Crippen LogP contribution in [0.25, 0.3) is 0 Å². The Labute approximate surface area is 120 Å². The van der Waals surface area contributed by atoms with Gasteiger partial charge in [-0.25, -0.2) is 0 Å². The van der Waals surface area contributed by atoms with Crippen LogP contribution in [-0.4, -0.2) is 18.8 Å². The zero-order chi connectivity index (χ0) is 14.4. The van der Waals surface area contributed by atoms with Gasteiger partial charge in [0.1, 0.15) is 0 Å². The number of ether oxygens (including phenoxy) is 1. The third kappa shape index (κ3) is 3.75. The van der Waals surface area contributed by atoms with Gasteiger partial charge in [0, 0.05) is 6.54 Å². The van der Waals surface area contributed by atoms with Gasteiger partial charge in [-0.3, -0.25) is 0 Å². The molecule has 3 nitrogen and oxygen atoms in total. The molecule has 0 fully saturated rings. The summed E-state index contributed by atoms with van der Waals surface area (Å²) in [6.07, 6.45) is 1.00. The van der Waals surface area contributed by atoms with Gasteiger partial charge in [-0.15, -0.1) is 0 Å². The number of aromatic hydroxyl groups is 1. The smallest absolute Gasteiger partial charge is 0.160 e. The number of hydrogen-bond acceptors (Lipinski definition) is 3. The predicted molar refractivity (Wildman–Crippen MR) is 81.2 cm³/mol. The van der Waals surface area contributed by atoms with E-state index in [2.05, 4.69) is 29.6 Å². The molecule has 0 aliphatic heterocycles. The van der Waals surface area contributed by atoms with E-state index < -0.39 is 0 Å². The molecule has 2 rings (SSSR count). The first-order valence-electron chi connectivity index (χ1n) is 6.82. The molecule has 0 aliphatic carbocycles. The van der Waals surface area contributed by atoms with Crippen molar-refractivity contribution in [3.8, 4) is 11.5 Å². The second-order valence-electron chi connectivity index (χ2n) is 4.86. The average molecular weight is 271 g/mol. The fourth-order valence-electron chi connectivity index (χ4n) is 2.17. The van der Waals surface area contributed by atoms with E-state index in [9.17, 15) is 5.11 Å². The number of hydrogen-bond donors (Lipinski definition) is 2. The van der Waals surface area contributed by atoms with Gasteiger partial charge in [-0.05, 0) is 48.7 Å². The molecule has 106 valence electrons. The minimum atomic E-state index is 0.193. The van der Waals surface area contributed by atoms with Gasteiger partial charge in [0.25, 0.3) is 0 Å². The van der Waals surface area contributed by atoms with E-state index in [1.54, 1.807) is 13.2 Å². The monoisotopic (exact) mass is 271 g/mol. The number of phenolic OH excluding ortho intramolecular Hbond substituents is 1. The highest BCUT2D eigenvalue weighted by Crippen LogP contribution is 2.28. The first-order chi connectivity index (χ1) is 9.70. The van der Waals surface area contributed by atoms with Crippen molar-refractivity contribution in [2.45, 2.75) is 19.9 Å². The molecule has 0 saturated heterocycles. The Balaban J connectivity index is 1.87.